The van der Waals surface area contributed by atoms with E-state index in [1.165, 1.54) is 25.1 Å². The summed E-state index contributed by atoms with van der Waals surface area (Å²) in [4.78, 5) is 15.2. The summed E-state index contributed by atoms with van der Waals surface area (Å²) in [5.74, 6) is 3.94. The molecule has 0 spiro atoms. The van der Waals surface area contributed by atoms with Crippen LogP contribution in [0.15, 0.2) is 18.5 Å². The molecule has 0 aromatic carbocycles. The van der Waals surface area contributed by atoms with Gasteiger partial charge in [-0.2, -0.15) is 9.97 Å². The van der Waals surface area contributed by atoms with Gasteiger partial charge >= 0.3 is 0 Å². The fraction of sp³-hybridized carbons (Fsp3) is 0.588. The Kier molecular flexibility index (Phi) is 4.00. The van der Waals surface area contributed by atoms with Crippen LogP contribution in [0.2, 0.25) is 0 Å². The van der Waals surface area contributed by atoms with Crippen LogP contribution in [0.4, 0.5) is 17.6 Å². The van der Waals surface area contributed by atoms with Gasteiger partial charge in [-0.25, -0.2) is 4.98 Å². The third kappa shape index (κ3) is 3.02. The van der Waals surface area contributed by atoms with Crippen LogP contribution in [0.1, 0.15) is 43.8 Å². The van der Waals surface area contributed by atoms with E-state index in [4.69, 9.17) is 11.5 Å². The minimum absolute atomic E-state index is 0.235. The zero-order valence-corrected chi connectivity index (χ0v) is 13.9. The molecule has 4 N–H and O–H groups in total. The van der Waals surface area contributed by atoms with Gasteiger partial charge < -0.3 is 20.9 Å². The zero-order valence-electron chi connectivity index (χ0n) is 13.9. The molecule has 1 aliphatic carbocycles. The van der Waals surface area contributed by atoms with Gasteiger partial charge in [-0.1, -0.05) is 6.42 Å². The number of nitrogen functional groups attached to an aromatic ring is 2. The highest BCUT2D eigenvalue weighted by Gasteiger charge is 2.27. The fourth-order valence-electron chi connectivity index (χ4n) is 3.82. The van der Waals surface area contributed by atoms with Crippen molar-refractivity contribution in [3.8, 4) is 0 Å². The summed E-state index contributed by atoms with van der Waals surface area (Å²) >= 11 is 0. The Hall–Kier alpha value is -2.31. The highest BCUT2D eigenvalue weighted by atomic mass is 15.2. The molecule has 7 nitrogen and oxygen atoms in total. The van der Waals surface area contributed by atoms with Crippen molar-refractivity contribution in [1.29, 1.82) is 0 Å². The van der Waals surface area contributed by atoms with E-state index >= 15 is 0 Å². The predicted molar refractivity (Wildman–Crippen MR) is 94.6 cm³/mol. The number of nitrogens with two attached hydrogens (primary N) is 2. The second-order valence-corrected chi connectivity index (χ2v) is 7.03. The van der Waals surface area contributed by atoms with E-state index in [0.717, 1.165) is 44.2 Å². The third-order valence-electron chi connectivity index (χ3n) is 5.29. The van der Waals surface area contributed by atoms with Crippen molar-refractivity contribution in [1.82, 2.24) is 19.5 Å². The molecule has 0 radical (unpaired) electrons. The Morgan fingerprint density at radius 3 is 2.75 bits per heavy atom. The van der Waals surface area contributed by atoms with E-state index in [0.29, 0.717) is 11.7 Å². The van der Waals surface area contributed by atoms with E-state index in [9.17, 15) is 0 Å². The summed E-state index contributed by atoms with van der Waals surface area (Å²) in [6.45, 7) is 2.98. The van der Waals surface area contributed by atoms with Gasteiger partial charge in [0.25, 0.3) is 0 Å². The van der Waals surface area contributed by atoms with E-state index in [-0.39, 0.29) is 5.95 Å². The van der Waals surface area contributed by atoms with Crippen molar-refractivity contribution < 1.29 is 0 Å². The number of imidazole rings is 1. The first-order chi connectivity index (χ1) is 11.7. The van der Waals surface area contributed by atoms with Gasteiger partial charge in [-0.3, -0.25) is 0 Å². The van der Waals surface area contributed by atoms with Crippen LogP contribution in [-0.2, 0) is 6.54 Å². The minimum atomic E-state index is 0.235. The standard InChI is InChI=1S/C17H25N7/c18-14-9-15(22-17(19)21-14)23-7-2-5-13(11-23)16-20-6-8-24(16)10-12-3-1-4-12/h6,8-9,12-13H,1-5,7,10-11H2,(H4,18,19,21,22)/t13-/m0/s1. The second kappa shape index (κ2) is 6.30. The lowest BCUT2D eigenvalue weighted by Crippen LogP contribution is -2.36. The Labute approximate surface area is 142 Å². The minimum Gasteiger partial charge on any atom is -0.383 e. The molecular weight excluding hydrogens is 302 g/mol. The van der Waals surface area contributed by atoms with Gasteiger partial charge in [-0.15, -0.1) is 0 Å². The lowest BCUT2D eigenvalue weighted by Gasteiger charge is -2.34. The van der Waals surface area contributed by atoms with Crippen LogP contribution in [-0.4, -0.2) is 32.6 Å². The van der Waals surface area contributed by atoms with Crippen molar-refractivity contribution in [2.75, 3.05) is 29.5 Å². The number of hydrogen-bond acceptors (Lipinski definition) is 6. The first-order valence-corrected chi connectivity index (χ1v) is 8.85. The molecule has 7 heteroatoms. The smallest absolute Gasteiger partial charge is 0.223 e. The van der Waals surface area contributed by atoms with Crippen LogP contribution in [0.3, 0.4) is 0 Å². The molecule has 0 amide bonds. The van der Waals surface area contributed by atoms with Crippen molar-refractivity contribution >= 4 is 17.6 Å². The summed E-state index contributed by atoms with van der Waals surface area (Å²) < 4.78 is 2.36. The Bertz CT molecular complexity index is 686. The summed E-state index contributed by atoms with van der Waals surface area (Å²) in [6.07, 6.45) is 10.4. The van der Waals surface area contributed by atoms with Gasteiger partial charge in [0.2, 0.25) is 5.95 Å². The Morgan fingerprint density at radius 1 is 1.12 bits per heavy atom. The molecular formula is C17H25N7. The molecule has 1 aliphatic heterocycles. The van der Waals surface area contributed by atoms with E-state index in [2.05, 4.69) is 30.6 Å². The SMILES string of the molecule is Nc1cc(N2CCC[C@H](c3nccn3CC3CCC3)C2)nc(N)n1. The molecule has 2 fully saturated rings. The van der Waals surface area contributed by atoms with Crippen molar-refractivity contribution in [3.63, 3.8) is 0 Å². The molecule has 24 heavy (non-hydrogen) atoms. The monoisotopic (exact) mass is 327 g/mol. The van der Waals surface area contributed by atoms with Gasteiger partial charge in [0.05, 0.1) is 0 Å². The topological polar surface area (TPSA) is 98.9 Å². The number of anilines is 3. The van der Waals surface area contributed by atoms with Crippen LogP contribution in [0, 0.1) is 5.92 Å². The highest BCUT2D eigenvalue weighted by Crippen LogP contribution is 2.32. The van der Waals surface area contributed by atoms with Crippen molar-refractivity contribution in [2.45, 2.75) is 44.6 Å². The number of piperidine rings is 1. The molecule has 1 saturated carbocycles. The fourth-order valence-corrected chi connectivity index (χ4v) is 3.82. The van der Waals surface area contributed by atoms with Crippen LogP contribution >= 0.6 is 0 Å². The van der Waals surface area contributed by atoms with Crippen molar-refractivity contribution in [2.24, 2.45) is 5.92 Å². The maximum absolute atomic E-state index is 5.82. The van der Waals surface area contributed by atoms with Crippen LogP contribution in [0.5, 0.6) is 0 Å². The lowest BCUT2D eigenvalue weighted by molar-refractivity contribution is 0.270. The zero-order chi connectivity index (χ0) is 16.5. The summed E-state index contributed by atoms with van der Waals surface area (Å²) in [5.41, 5.74) is 11.6. The average molecular weight is 327 g/mol. The van der Waals surface area contributed by atoms with E-state index in [1.807, 2.05) is 6.20 Å². The first-order valence-electron chi connectivity index (χ1n) is 8.85. The molecule has 4 rings (SSSR count). The van der Waals surface area contributed by atoms with Gasteiger partial charge in [-0.05, 0) is 31.6 Å². The number of hydrogen-bond donors (Lipinski definition) is 2. The molecule has 2 aromatic heterocycles. The predicted octanol–water partition coefficient (Wildman–Crippen LogP) is 2.02. The maximum Gasteiger partial charge on any atom is 0.223 e. The Morgan fingerprint density at radius 2 is 2.00 bits per heavy atom. The quantitative estimate of drug-likeness (QED) is 0.891. The molecule has 3 heterocycles. The number of rotatable bonds is 4. The first kappa shape index (κ1) is 15.2. The molecule has 128 valence electrons. The molecule has 2 aromatic rings. The molecule has 0 unspecified atom stereocenters. The maximum atomic E-state index is 5.82. The normalized spacial score (nSPS) is 21.7. The van der Waals surface area contributed by atoms with E-state index < -0.39 is 0 Å². The highest BCUT2D eigenvalue weighted by molar-refractivity contribution is 5.50. The Balaban J connectivity index is 1.51. The summed E-state index contributed by atoms with van der Waals surface area (Å²) in [7, 11) is 0. The third-order valence-corrected chi connectivity index (χ3v) is 5.29. The second-order valence-electron chi connectivity index (χ2n) is 7.03. The number of aromatic nitrogens is 4. The van der Waals surface area contributed by atoms with Gasteiger partial charge in [0.15, 0.2) is 0 Å². The molecule has 1 saturated heterocycles. The number of nitrogens with zero attached hydrogens (tertiary/aromatic N) is 5. The van der Waals surface area contributed by atoms with Gasteiger partial charge in [0.1, 0.15) is 17.5 Å². The van der Waals surface area contributed by atoms with Gasteiger partial charge in [0, 0.05) is 44.0 Å². The van der Waals surface area contributed by atoms with Crippen molar-refractivity contribution in [3.05, 3.63) is 24.3 Å². The van der Waals surface area contributed by atoms with E-state index in [1.54, 1.807) is 6.07 Å². The molecule has 0 bridgehead atoms. The molecule has 2 aliphatic rings. The average Bonchev–Trinajstić information content (AvgIpc) is 2.98. The van der Waals surface area contributed by atoms with Crippen LogP contribution in [0.25, 0.3) is 0 Å². The lowest BCUT2D eigenvalue weighted by atomic mass is 9.85. The largest absolute Gasteiger partial charge is 0.383 e. The molecule has 1 atom stereocenters. The summed E-state index contributed by atoms with van der Waals surface area (Å²) in [6, 6.07) is 1.81. The summed E-state index contributed by atoms with van der Waals surface area (Å²) in [5, 5.41) is 0. The van der Waals surface area contributed by atoms with Crippen LogP contribution < -0.4 is 16.4 Å².